The first-order valence-electron chi connectivity index (χ1n) is 10.2. The molecule has 0 spiro atoms. The molecule has 0 saturated carbocycles. The van der Waals surface area contributed by atoms with Gasteiger partial charge in [0, 0.05) is 25.7 Å². The van der Waals surface area contributed by atoms with Gasteiger partial charge in [0.25, 0.3) is 5.91 Å². The Morgan fingerprint density at radius 2 is 1.97 bits per heavy atom. The summed E-state index contributed by atoms with van der Waals surface area (Å²) in [7, 11) is 1.64. The third-order valence-corrected chi connectivity index (χ3v) is 5.73. The van der Waals surface area contributed by atoms with Gasteiger partial charge in [-0.2, -0.15) is 0 Å². The van der Waals surface area contributed by atoms with E-state index in [1.807, 2.05) is 0 Å². The van der Waals surface area contributed by atoms with E-state index >= 15 is 0 Å². The average Bonchev–Trinajstić information content (AvgIpc) is 3.32. The Kier molecular flexibility index (Phi) is 7.05. The maximum Gasteiger partial charge on any atom is 0.573 e. The van der Waals surface area contributed by atoms with Crippen LogP contribution in [-0.4, -0.2) is 58.3 Å². The Bertz CT molecular complexity index is 1370. The molecule has 0 atom stereocenters. The topological polar surface area (TPSA) is 111 Å². The number of anilines is 2. The van der Waals surface area contributed by atoms with Crippen LogP contribution in [-0.2, 0) is 11.8 Å². The fourth-order valence-corrected chi connectivity index (χ4v) is 4.14. The number of hydrogen-bond donors (Lipinski definition) is 3. The number of aliphatic hydroxyl groups excluding tert-OH is 1. The van der Waals surface area contributed by atoms with E-state index in [2.05, 4.69) is 25.3 Å². The summed E-state index contributed by atoms with van der Waals surface area (Å²) >= 11 is 1.09. The van der Waals surface area contributed by atoms with Gasteiger partial charge in [0.2, 0.25) is 5.95 Å². The van der Waals surface area contributed by atoms with Gasteiger partial charge < -0.3 is 29.8 Å². The third-order valence-electron chi connectivity index (χ3n) is 4.79. The summed E-state index contributed by atoms with van der Waals surface area (Å²) in [5.41, 5.74) is 1.02. The van der Waals surface area contributed by atoms with E-state index in [9.17, 15) is 22.4 Å². The van der Waals surface area contributed by atoms with Gasteiger partial charge in [-0.3, -0.25) is 4.79 Å². The predicted molar refractivity (Wildman–Crippen MR) is 120 cm³/mol. The number of benzene rings is 2. The molecule has 0 unspecified atom stereocenters. The van der Waals surface area contributed by atoms with Crippen LogP contribution < -0.4 is 15.4 Å². The molecule has 4 rings (SSSR count). The number of carbonyl (C=O) groups is 1. The van der Waals surface area contributed by atoms with E-state index in [0.29, 0.717) is 32.3 Å². The number of nitrogens with one attached hydrogen (secondary N) is 2. The summed E-state index contributed by atoms with van der Waals surface area (Å²) in [6.45, 7) is 0.301. The van der Waals surface area contributed by atoms with Crippen LogP contribution in [0.5, 0.6) is 5.75 Å². The lowest BCUT2D eigenvalue weighted by atomic mass is 10.1. The third kappa shape index (κ3) is 5.78. The Balaban J connectivity index is 1.53. The highest BCUT2D eigenvalue weighted by Crippen LogP contribution is 2.33. The second-order valence-corrected chi connectivity index (χ2v) is 8.26. The van der Waals surface area contributed by atoms with Crippen LogP contribution in [0.4, 0.5) is 28.6 Å². The molecule has 3 N–H and O–H groups in total. The van der Waals surface area contributed by atoms with Crippen LogP contribution >= 0.6 is 11.3 Å². The molecular weight excluding hydrogens is 494 g/mol. The molecule has 2 heterocycles. The number of carbonyl (C=O) groups excluding carboxylic acids is 1. The number of aromatic nitrogens is 3. The van der Waals surface area contributed by atoms with Crippen LogP contribution in [0.15, 0.2) is 30.3 Å². The lowest BCUT2D eigenvalue weighted by Gasteiger charge is -2.07. The van der Waals surface area contributed by atoms with E-state index in [1.165, 1.54) is 30.3 Å². The van der Waals surface area contributed by atoms with Gasteiger partial charge in [-0.25, -0.2) is 14.4 Å². The highest BCUT2D eigenvalue weighted by Gasteiger charge is 2.31. The fraction of sp³-hybridized carbons (Fsp3) is 0.286. The molecule has 0 saturated heterocycles. The fourth-order valence-electron chi connectivity index (χ4n) is 3.25. The molecule has 9 nitrogen and oxygen atoms in total. The number of alkyl halides is 3. The highest BCUT2D eigenvalue weighted by atomic mass is 32.1. The van der Waals surface area contributed by atoms with Crippen molar-refractivity contribution in [2.45, 2.75) is 6.36 Å². The van der Waals surface area contributed by atoms with Gasteiger partial charge >= 0.3 is 6.36 Å². The number of aryl methyl sites for hydroxylation is 1. The van der Waals surface area contributed by atoms with E-state index in [1.54, 1.807) is 11.6 Å². The Labute approximate surface area is 199 Å². The number of amides is 1. The Morgan fingerprint density at radius 3 is 2.71 bits per heavy atom. The van der Waals surface area contributed by atoms with E-state index in [0.717, 1.165) is 11.3 Å². The molecule has 2 aromatic heterocycles. The van der Waals surface area contributed by atoms with Gasteiger partial charge in [0.1, 0.15) is 11.6 Å². The van der Waals surface area contributed by atoms with Gasteiger partial charge in [-0.1, -0.05) is 11.3 Å². The summed E-state index contributed by atoms with van der Waals surface area (Å²) < 4.78 is 63.0. The molecule has 0 aliphatic heterocycles. The number of hydrogen-bond acceptors (Lipinski definition) is 8. The first-order valence-corrected chi connectivity index (χ1v) is 11.0. The second-order valence-electron chi connectivity index (χ2n) is 7.23. The molecule has 35 heavy (non-hydrogen) atoms. The zero-order valence-electron chi connectivity index (χ0n) is 18.1. The van der Waals surface area contributed by atoms with Crippen LogP contribution in [0.3, 0.4) is 0 Å². The number of fused-ring (bicyclic) bond motifs is 2. The van der Waals surface area contributed by atoms with Crippen LogP contribution in [0, 0.1) is 5.82 Å². The number of imidazole rings is 1. The number of ether oxygens (including phenoxy) is 2. The second kappa shape index (κ2) is 10.0. The normalized spacial score (nSPS) is 11.8. The van der Waals surface area contributed by atoms with E-state index in [4.69, 9.17) is 9.84 Å². The van der Waals surface area contributed by atoms with Crippen LogP contribution in [0.25, 0.3) is 21.3 Å². The monoisotopic (exact) mass is 513 g/mol. The molecule has 2 aromatic carbocycles. The summed E-state index contributed by atoms with van der Waals surface area (Å²) in [6.07, 6.45) is -4.80. The van der Waals surface area contributed by atoms with Crippen molar-refractivity contribution in [3.05, 3.63) is 41.7 Å². The summed E-state index contributed by atoms with van der Waals surface area (Å²) in [6, 6.07) is 6.31. The van der Waals surface area contributed by atoms with Crippen molar-refractivity contribution >= 4 is 49.6 Å². The smallest absolute Gasteiger partial charge is 0.406 e. The molecule has 14 heteroatoms. The first kappa shape index (κ1) is 24.6. The van der Waals surface area contributed by atoms with Crippen molar-refractivity contribution in [1.29, 1.82) is 0 Å². The van der Waals surface area contributed by atoms with E-state index in [-0.39, 0.29) is 37.7 Å². The molecule has 0 radical (unpaired) electrons. The molecular formula is C21H19F4N5O4S. The molecule has 0 bridgehead atoms. The van der Waals surface area contributed by atoms with Crippen LogP contribution in [0.2, 0.25) is 0 Å². The summed E-state index contributed by atoms with van der Waals surface area (Å²) in [4.78, 5) is 21.1. The number of thiazole rings is 1. The lowest BCUT2D eigenvalue weighted by Crippen LogP contribution is -2.28. The number of aliphatic hydroxyl groups is 1. The SMILES string of the molecule is Cn1c(Nc2nc3ccc(OC(F)(F)F)cc3s2)nc2cc(C(=O)NCCOCCO)c(F)cc21. The molecule has 0 aliphatic carbocycles. The van der Waals surface area contributed by atoms with Gasteiger partial charge in [-0.15, -0.1) is 13.2 Å². The van der Waals surface area contributed by atoms with Gasteiger partial charge in [-0.05, 0) is 18.2 Å². The minimum Gasteiger partial charge on any atom is -0.406 e. The zero-order valence-corrected chi connectivity index (χ0v) is 19.0. The van der Waals surface area contributed by atoms with E-state index < -0.39 is 18.1 Å². The summed E-state index contributed by atoms with van der Waals surface area (Å²) in [5, 5.41) is 14.5. The lowest BCUT2D eigenvalue weighted by molar-refractivity contribution is -0.274. The van der Waals surface area contributed by atoms with Gasteiger partial charge in [0.05, 0.1) is 46.6 Å². The molecule has 186 valence electrons. The minimum atomic E-state index is -4.80. The van der Waals surface area contributed by atoms with Crippen molar-refractivity contribution in [3.8, 4) is 5.75 Å². The number of nitrogens with zero attached hydrogens (tertiary/aromatic N) is 3. The van der Waals surface area contributed by atoms with Gasteiger partial charge in [0.15, 0.2) is 5.13 Å². The van der Waals surface area contributed by atoms with Crippen molar-refractivity contribution in [1.82, 2.24) is 19.9 Å². The quantitative estimate of drug-likeness (QED) is 0.231. The minimum absolute atomic E-state index is 0.136. The maximum atomic E-state index is 14.6. The summed E-state index contributed by atoms with van der Waals surface area (Å²) in [5.74, 6) is -1.44. The largest absolute Gasteiger partial charge is 0.573 e. The number of halogens is 4. The van der Waals surface area contributed by atoms with Crippen molar-refractivity contribution < 1.29 is 36.9 Å². The molecule has 1 amide bonds. The standard InChI is InChI=1S/C21H19F4N5O4S/c1-30-16-10-13(22)12(18(32)26-4-6-33-7-5-31)9-15(16)27-19(30)29-20-28-14-3-2-11(8-17(14)35-20)34-21(23,24)25/h2-3,8-10,31H,4-7H2,1H3,(H,26,32)(H,27,28,29). The molecule has 4 aromatic rings. The van der Waals surface area contributed by atoms with Crippen molar-refractivity contribution in [2.75, 3.05) is 31.7 Å². The zero-order chi connectivity index (χ0) is 25.2. The first-order chi connectivity index (χ1) is 16.6. The maximum absolute atomic E-state index is 14.6. The highest BCUT2D eigenvalue weighted by molar-refractivity contribution is 7.22. The molecule has 0 aliphatic rings. The molecule has 0 fully saturated rings. The predicted octanol–water partition coefficient (Wildman–Crippen LogP) is 3.70. The Hall–Kier alpha value is -3.49. The number of rotatable bonds is 9. The van der Waals surface area contributed by atoms with Crippen molar-refractivity contribution in [2.24, 2.45) is 7.05 Å². The average molecular weight is 513 g/mol. The van der Waals surface area contributed by atoms with Crippen molar-refractivity contribution in [3.63, 3.8) is 0 Å². The van der Waals surface area contributed by atoms with Crippen LogP contribution in [0.1, 0.15) is 10.4 Å². The Morgan fingerprint density at radius 1 is 1.17 bits per heavy atom.